The number of pyridine rings is 1. The van der Waals surface area contributed by atoms with Gasteiger partial charge in [0.05, 0.1) is 23.0 Å². The molecule has 0 aliphatic heterocycles. The van der Waals surface area contributed by atoms with Crippen LogP contribution in [-0.2, 0) is 4.74 Å². The highest BCUT2D eigenvalue weighted by atomic mass is 35.5. The average Bonchev–Trinajstić information content (AvgIpc) is 3.19. The van der Waals surface area contributed by atoms with Crippen LogP contribution in [0.15, 0.2) is 36.5 Å². The quantitative estimate of drug-likeness (QED) is 0.408. The molecule has 0 spiro atoms. The summed E-state index contributed by atoms with van der Waals surface area (Å²) < 4.78 is 48.4. The number of halogens is 5. The van der Waals surface area contributed by atoms with Crippen LogP contribution in [0.4, 0.5) is 29.3 Å². The van der Waals surface area contributed by atoms with Crippen molar-refractivity contribution in [1.29, 1.82) is 0 Å². The molecule has 0 atom stereocenters. The van der Waals surface area contributed by atoms with Crippen LogP contribution in [0.3, 0.4) is 0 Å². The highest BCUT2D eigenvalue weighted by molar-refractivity contribution is 6.32. The number of amides is 2. The number of aromatic nitrogens is 3. The van der Waals surface area contributed by atoms with Crippen molar-refractivity contribution in [3.8, 4) is 11.7 Å². The number of hydrogen-bond acceptors (Lipinski definition) is 6. The third-order valence-electron chi connectivity index (χ3n) is 4.29. The first-order valence-corrected chi connectivity index (χ1v) is 10.7. The first-order chi connectivity index (χ1) is 16.5. The van der Waals surface area contributed by atoms with Gasteiger partial charge in [-0.25, -0.2) is 14.5 Å². The number of nitrogens with zero attached hydrogens (tertiary/aromatic N) is 3. The van der Waals surface area contributed by atoms with Crippen LogP contribution in [0.25, 0.3) is 5.82 Å². The van der Waals surface area contributed by atoms with Gasteiger partial charge in [-0.05, 0) is 43.7 Å². The summed E-state index contributed by atoms with van der Waals surface area (Å²) in [6, 6.07) is 6.94. The van der Waals surface area contributed by atoms with Gasteiger partial charge in [0, 0.05) is 17.3 Å². The molecule has 0 saturated carbocycles. The van der Waals surface area contributed by atoms with Gasteiger partial charge in [0.25, 0.3) is 5.91 Å². The van der Waals surface area contributed by atoms with E-state index >= 15 is 0 Å². The third-order valence-corrected chi connectivity index (χ3v) is 4.81. The molecule has 2 amide bonds. The second kappa shape index (κ2) is 10.8. The van der Waals surface area contributed by atoms with Gasteiger partial charge in [0.2, 0.25) is 5.88 Å². The van der Waals surface area contributed by atoms with Crippen molar-refractivity contribution in [3.63, 3.8) is 0 Å². The second-order valence-electron chi connectivity index (χ2n) is 6.94. The van der Waals surface area contributed by atoms with Crippen molar-refractivity contribution in [2.24, 2.45) is 0 Å². The number of benzene rings is 1. The summed E-state index contributed by atoms with van der Waals surface area (Å²) in [6.45, 7) is 1.74. The Hall–Kier alpha value is -3.51. The minimum absolute atomic E-state index is 0.0149. The van der Waals surface area contributed by atoms with Gasteiger partial charge in [-0.1, -0.05) is 23.2 Å². The van der Waals surface area contributed by atoms with Gasteiger partial charge in [-0.15, -0.1) is 5.10 Å². The smallest absolute Gasteiger partial charge is 0.422 e. The number of hydrogen-bond donors (Lipinski definition) is 2. The number of carbonyl (C=O) groups is 2. The molecule has 2 N–H and O–H groups in total. The van der Waals surface area contributed by atoms with Crippen LogP contribution in [0.2, 0.25) is 10.0 Å². The summed E-state index contributed by atoms with van der Waals surface area (Å²) in [7, 11) is 0. The molecule has 9 nitrogen and oxygen atoms in total. The fraction of sp³-hybridized carbons (Fsp3) is 0.238. The van der Waals surface area contributed by atoms with E-state index in [1.165, 1.54) is 30.5 Å². The molecule has 0 fully saturated rings. The maximum Gasteiger partial charge on any atom is 0.422 e. The molecule has 186 valence electrons. The Balaban J connectivity index is 2.00. The Morgan fingerprint density at radius 2 is 1.91 bits per heavy atom. The number of ether oxygens (including phenoxy) is 2. The molecule has 14 heteroatoms. The van der Waals surface area contributed by atoms with E-state index in [0.717, 1.165) is 10.7 Å². The topological polar surface area (TPSA) is 107 Å². The minimum Gasteiger partial charge on any atom is -0.467 e. The van der Waals surface area contributed by atoms with E-state index < -0.39 is 30.7 Å². The van der Waals surface area contributed by atoms with Gasteiger partial charge in [-0.3, -0.25) is 10.1 Å². The van der Waals surface area contributed by atoms with Gasteiger partial charge in [0.15, 0.2) is 12.4 Å². The number of alkyl halides is 3. The van der Waals surface area contributed by atoms with E-state index in [-0.39, 0.29) is 39.5 Å². The van der Waals surface area contributed by atoms with Crippen LogP contribution >= 0.6 is 23.2 Å². The molecule has 0 saturated heterocycles. The normalized spacial score (nSPS) is 11.2. The molecule has 0 aliphatic carbocycles. The van der Waals surface area contributed by atoms with Crippen LogP contribution in [-0.4, -0.2) is 46.2 Å². The Morgan fingerprint density at radius 1 is 1.17 bits per heavy atom. The number of aryl methyl sites for hydroxylation is 1. The largest absolute Gasteiger partial charge is 0.467 e. The summed E-state index contributed by atoms with van der Waals surface area (Å²) in [5.74, 6) is -1.30. The van der Waals surface area contributed by atoms with E-state index in [1.54, 1.807) is 13.8 Å². The Bertz CT molecular complexity index is 1250. The zero-order valence-electron chi connectivity index (χ0n) is 18.2. The van der Waals surface area contributed by atoms with E-state index in [9.17, 15) is 22.8 Å². The van der Waals surface area contributed by atoms with Gasteiger partial charge < -0.3 is 14.8 Å². The molecule has 0 aliphatic rings. The van der Waals surface area contributed by atoms with Crippen molar-refractivity contribution in [2.45, 2.75) is 20.0 Å². The van der Waals surface area contributed by atoms with Crippen molar-refractivity contribution >= 4 is 46.6 Å². The predicted octanol–water partition coefficient (Wildman–Crippen LogP) is 5.64. The number of nitrogens with one attached hydrogen (secondary N) is 2. The first-order valence-electron chi connectivity index (χ1n) is 9.94. The van der Waals surface area contributed by atoms with E-state index in [1.807, 2.05) is 0 Å². The van der Waals surface area contributed by atoms with E-state index in [2.05, 4.69) is 20.7 Å². The molecule has 1 aromatic carbocycles. The molecular weight excluding hydrogens is 514 g/mol. The molecule has 3 aromatic rings. The monoisotopic (exact) mass is 531 g/mol. The number of rotatable bonds is 7. The third kappa shape index (κ3) is 6.76. The molecular formula is C21H18Cl2F3N5O4. The highest BCUT2D eigenvalue weighted by Crippen LogP contribution is 2.32. The molecule has 2 aromatic heterocycles. The van der Waals surface area contributed by atoms with E-state index in [0.29, 0.717) is 5.56 Å². The van der Waals surface area contributed by atoms with Gasteiger partial charge in [-0.2, -0.15) is 13.2 Å². The Kier molecular flexibility index (Phi) is 8.07. The maximum atomic E-state index is 13.2. The molecule has 0 bridgehead atoms. The van der Waals surface area contributed by atoms with Gasteiger partial charge in [0.1, 0.15) is 5.69 Å². The van der Waals surface area contributed by atoms with Crippen molar-refractivity contribution in [2.75, 3.05) is 23.8 Å². The molecule has 0 unspecified atom stereocenters. The summed E-state index contributed by atoms with van der Waals surface area (Å²) in [5.41, 5.74) is 0.551. The van der Waals surface area contributed by atoms with Gasteiger partial charge >= 0.3 is 12.3 Å². The first kappa shape index (κ1) is 26.1. The average molecular weight is 532 g/mol. The van der Waals surface area contributed by atoms with E-state index in [4.69, 9.17) is 32.7 Å². The highest BCUT2D eigenvalue weighted by Gasteiger charge is 2.30. The predicted molar refractivity (Wildman–Crippen MR) is 123 cm³/mol. The van der Waals surface area contributed by atoms with Crippen LogP contribution in [0.5, 0.6) is 5.88 Å². The fourth-order valence-corrected chi connectivity index (χ4v) is 3.38. The maximum absolute atomic E-state index is 13.2. The second-order valence-corrected chi connectivity index (χ2v) is 7.78. The SMILES string of the molecule is CCOC(=O)Nc1cc(Cl)cc(C)c1NC(=O)c1cc(OCC(F)(F)F)nn1-c1ncccc1Cl. The number of anilines is 2. The lowest BCUT2D eigenvalue weighted by molar-refractivity contribution is -0.154. The molecule has 35 heavy (non-hydrogen) atoms. The van der Waals surface area contributed by atoms with Crippen LogP contribution in [0, 0.1) is 6.92 Å². The number of carbonyl (C=O) groups excluding carboxylic acids is 2. The lowest BCUT2D eigenvalue weighted by atomic mass is 10.1. The zero-order chi connectivity index (χ0) is 25.8. The fourth-order valence-electron chi connectivity index (χ4n) is 2.90. The van der Waals surface area contributed by atoms with Crippen molar-refractivity contribution < 1.29 is 32.2 Å². The van der Waals surface area contributed by atoms with Crippen LogP contribution in [0.1, 0.15) is 23.0 Å². The summed E-state index contributed by atoms with van der Waals surface area (Å²) in [4.78, 5) is 29.2. The summed E-state index contributed by atoms with van der Waals surface area (Å²) in [5, 5.41) is 9.36. The minimum atomic E-state index is -4.62. The van der Waals surface area contributed by atoms with Crippen molar-refractivity contribution in [1.82, 2.24) is 14.8 Å². The molecule has 3 rings (SSSR count). The summed E-state index contributed by atoms with van der Waals surface area (Å²) in [6.07, 6.45) is -4.04. The Morgan fingerprint density at radius 3 is 2.57 bits per heavy atom. The van der Waals surface area contributed by atoms with Crippen LogP contribution < -0.4 is 15.4 Å². The standard InChI is InChI=1S/C21H18Cl2F3N5O4/c1-3-34-20(33)28-14-8-12(22)7-11(2)17(14)29-19(32)15-9-16(35-10-21(24,25)26)30-31(15)18-13(23)5-4-6-27-18/h4-9H,3,10H2,1-2H3,(H,28,33)(H,29,32). The molecule has 2 heterocycles. The zero-order valence-corrected chi connectivity index (χ0v) is 19.8. The molecule has 0 radical (unpaired) electrons. The van der Waals surface area contributed by atoms with Crippen molar-refractivity contribution in [3.05, 3.63) is 57.8 Å². The lowest BCUT2D eigenvalue weighted by Gasteiger charge is -2.16. The summed E-state index contributed by atoms with van der Waals surface area (Å²) >= 11 is 12.2. The lowest BCUT2D eigenvalue weighted by Crippen LogP contribution is -2.20. The Labute approximate surface area is 207 Å².